The molecule has 140 valence electrons. The van der Waals surface area contributed by atoms with E-state index in [1.54, 1.807) is 16.7 Å². The standard InChI is InChI=1S/C19H24ClN3O2S/c1-19-8-7-17(24)23(19)16(12-26-19)18(25)21-14-11-13(20)5-6-15(14)22-9-3-2-4-10-22/h5-6,11,16H,2-4,7-10,12H2,1H3,(H,21,25)/t16-,19+/m1/s1. The zero-order valence-corrected chi connectivity index (χ0v) is 16.5. The average molecular weight is 394 g/mol. The van der Waals surface area contributed by atoms with Crippen LogP contribution in [0.5, 0.6) is 0 Å². The highest BCUT2D eigenvalue weighted by molar-refractivity contribution is 8.01. The molecule has 3 fully saturated rings. The first-order chi connectivity index (χ1) is 12.5. The van der Waals surface area contributed by atoms with Crippen molar-refractivity contribution in [2.24, 2.45) is 0 Å². The average Bonchev–Trinajstić information content (AvgIpc) is 3.12. The van der Waals surface area contributed by atoms with Gasteiger partial charge in [-0.2, -0.15) is 0 Å². The van der Waals surface area contributed by atoms with Gasteiger partial charge >= 0.3 is 0 Å². The van der Waals surface area contributed by atoms with Crippen molar-refractivity contribution in [3.63, 3.8) is 0 Å². The Morgan fingerprint density at radius 2 is 2.08 bits per heavy atom. The predicted molar refractivity (Wildman–Crippen MR) is 107 cm³/mol. The molecule has 0 bridgehead atoms. The number of nitrogens with one attached hydrogen (secondary N) is 1. The summed E-state index contributed by atoms with van der Waals surface area (Å²) >= 11 is 7.90. The third-order valence-corrected chi connectivity index (χ3v) is 7.40. The first kappa shape index (κ1) is 18.0. The second-order valence-corrected chi connectivity index (χ2v) is 9.40. The second-order valence-electron chi connectivity index (χ2n) is 7.46. The Kier molecular flexibility index (Phi) is 4.82. The van der Waals surface area contributed by atoms with Crippen LogP contribution in [0.25, 0.3) is 0 Å². The number of piperidine rings is 1. The van der Waals surface area contributed by atoms with Crippen LogP contribution in [0.15, 0.2) is 18.2 Å². The molecule has 0 aliphatic carbocycles. The van der Waals surface area contributed by atoms with Gasteiger partial charge in [0.25, 0.3) is 0 Å². The lowest BCUT2D eigenvalue weighted by Crippen LogP contribution is -2.48. The zero-order chi connectivity index (χ0) is 18.3. The SMILES string of the molecule is C[C@]12CCC(=O)N1[C@@H](C(=O)Nc1cc(Cl)ccc1N1CCCCC1)CS2. The molecule has 26 heavy (non-hydrogen) atoms. The van der Waals surface area contributed by atoms with E-state index in [2.05, 4.69) is 17.1 Å². The maximum atomic E-state index is 13.0. The van der Waals surface area contributed by atoms with Gasteiger partial charge in [0.15, 0.2) is 0 Å². The van der Waals surface area contributed by atoms with Crippen LogP contribution in [0.1, 0.15) is 39.0 Å². The molecule has 7 heteroatoms. The van der Waals surface area contributed by atoms with E-state index in [4.69, 9.17) is 11.6 Å². The lowest BCUT2D eigenvalue weighted by molar-refractivity contribution is -0.135. The first-order valence-corrected chi connectivity index (χ1v) is 10.7. The van der Waals surface area contributed by atoms with Crippen molar-refractivity contribution in [2.45, 2.75) is 49.9 Å². The largest absolute Gasteiger partial charge is 0.370 e. The topological polar surface area (TPSA) is 52.7 Å². The molecule has 0 radical (unpaired) electrons. The summed E-state index contributed by atoms with van der Waals surface area (Å²) in [6, 6.07) is 5.26. The highest BCUT2D eigenvalue weighted by Crippen LogP contribution is 2.47. The molecule has 3 aliphatic rings. The summed E-state index contributed by atoms with van der Waals surface area (Å²) in [6.07, 6.45) is 4.92. The van der Waals surface area contributed by atoms with E-state index in [9.17, 15) is 9.59 Å². The molecule has 0 saturated carbocycles. The predicted octanol–water partition coefficient (Wildman–Crippen LogP) is 3.72. The fourth-order valence-electron chi connectivity index (χ4n) is 4.25. The van der Waals surface area contributed by atoms with Crippen LogP contribution in [-0.4, -0.2) is 46.5 Å². The summed E-state index contributed by atoms with van der Waals surface area (Å²) in [7, 11) is 0. The number of nitrogens with zero attached hydrogens (tertiary/aromatic N) is 2. The minimum atomic E-state index is -0.409. The molecule has 0 aromatic heterocycles. The van der Waals surface area contributed by atoms with Crippen molar-refractivity contribution in [1.82, 2.24) is 4.90 Å². The number of carbonyl (C=O) groups excluding carboxylic acids is 2. The summed E-state index contributed by atoms with van der Waals surface area (Å²) in [6.45, 7) is 4.05. The highest BCUT2D eigenvalue weighted by atomic mass is 35.5. The highest BCUT2D eigenvalue weighted by Gasteiger charge is 2.52. The van der Waals surface area contributed by atoms with Crippen molar-refractivity contribution < 1.29 is 9.59 Å². The van der Waals surface area contributed by atoms with Gasteiger partial charge in [0, 0.05) is 30.3 Å². The molecule has 3 heterocycles. The Morgan fingerprint density at radius 3 is 2.85 bits per heavy atom. The van der Waals surface area contributed by atoms with Crippen LogP contribution in [0.2, 0.25) is 5.02 Å². The molecule has 0 spiro atoms. The molecule has 5 nitrogen and oxygen atoms in total. The van der Waals surface area contributed by atoms with Crippen molar-refractivity contribution in [1.29, 1.82) is 0 Å². The lowest BCUT2D eigenvalue weighted by Gasteiger charge is -2.32. The van der Waals surface area contributed by atoms with Crippen molar-refractivity contribution in [3.8, 4) is 0 Å². The number of benzene rings is 1. The van der Waals surface area contributed by atoms with Crippen LogP contribution in [0.4, 0.5) is 11.4 Å². The first-order valence-electron chi connectivity index (χ1n) is 9.29. The molecular weight excluding hydrogens is 370 g/mol. The van der Waals surface area contributed by atoms with E-state index in [-0.39, 0.29) is 16.7 Å². The summed E-state index contributed by atoms with van der Waals surface area (Å²) in [5, 5.41) is 3.67. The van der Waals surface area contributed by atoms with Crippen LogP contribution >= 0.6 is 23.4 Å². The molecule has 2 atom stereocenters. The van der Waals surface area contributed by atoms with Gasteiger partial charge in [-0.15, -0.1) is 11.8 Å². The van der Waals surface area contributed by atoms with Gasteiger partial charge in [0.05, 0.1) is 16.2 Å². The minimum absolute atomic E-state index is 0.0833. The van der Waals surface area contributed by atoms with Gasteiger partial charge in [-0.25, -0.2) is 0 Å². The molecular formula is C19H24ClN3O2S. The third kappa shape index (κ3) is 3.18. The maximum Gasteiger partial charge on any atom is 0.248 e. The van der Waals surface area contributed by atoms with Crippen LogP contribution < -0.4 is 10.2 Å². The Labute approximate surface area is 163 Å². The van der Waals surface area contributed by atoms with Crippen molar-refractivity contribution >= 4 is 46.6 Å². The van der Waals surface area contributed by atoms with Gasteiger partial charge in [0.2, 0.25) is 11.8 Å². The minimum Gasteiger partial charge on any atom is -0.370 e. The molecule has 1 N–H and O–H groups in total. The van der Waals surface area contributed by atoms with Gasteiger partial charge in [-0.3, -0.25) is 9.59 Å². The number of amides is 2. The van der Waals surface area contributed by atoms with E-state index in [0.717, 1.165) is 43.7 Å². The van der Waals surface area contributed by atoms with Gasteiger partial charge in [-0.1, -0.05) is 11.6 Å². The number of halogens is 1. The second kappa shape index (κ2) is 6.97. The summed E-state index contributed by atoms with van der Waals surface area (Å²) in [5.41, 5.74) is 1.76. The number of hydrogen-bond donors (Lipinski definition) is 1. The van der Waals surface area contributed by atoms with Gasteiger partial charge in [0.1, 0.15) is 6.04 Å². The van der Waals surface area contributed by atoms with Crippen LogP contribution in [-0.2, 0) is 9.59 Å². The number of anilines is 2. The lowest BCUT2D eigenvalue weighted by atomic mass is 10.1. The smallest absolute Gasteiger partial charge is 0.248 e. The van der Waals surface area contributed by atoms with Crippen molar-refractivity contribution in [2.75, 3.05) is 29.1 Å². The van der Waals surface area contributed by atoms with Crippen molar-refractivity contribution in [3.05, 3.63) is 23.2 Å². The fraction of sp³-hybridized carbons (Fsp3) is 0.579. The fourth-order valence-corrected chi connectivity index (χ4v) is 5.85. The van der Waals surface area contributed by atoms with E-state index in [0.29, 0.717) is 17.2 Å². The molecule has 4 rings (SSSR count). The molecule has 0 unspecified atom stereocenters. The normalized spacial score (nSPS) is 28.4. The summed E-state index contributed by atoms with van der Waals surface area (Å²) in [4.78, 5) is 29.2. The Hall–Kier alpha value is -1.40. The van der Waals surface area contributed by atoms with Gasteiger partial charge < -0.3 is 15.1 Å². The van der Waals surface area contributed by atoms with Gasteiger partial charge in [-0.05, 0) is 50.8 Å². The Bertz CT molecular complexity index is 737. The van der Waals surface area contributed by atoms with Crippen LogP contribution in [0, 0.1) is 0 Å². The number of thioether (sulfide) groups is 1. The quantitative estimate of drug-likeness (QED) is 0.850. The number of hydrogen-bond acceptors (Lipinski definition) is 4. The Morgan fingerprint density at radius 1 is 1.31 bits per heavy atom. The third-order valence-electron chi connectivity index (χ3n) is 5.66. The molecule has 3 saturated heterocycles. The Balaban J connectivity index is 1.56. The monoisotopic (exact) mass is 393 g/mol. The molecule has 2 amide bonds. The zero-order valence-electron chi connectivity index (χ0n) is 15.0. The van der Waals surface area contributed by atoms with E-state index in [1.807, 2.05) is 18.2 Å². The maximum absolute atomic E-state index is 13.0. The number of rotatable bonds is 3. The summed E-state index contributed by atoms with van der Waals surface area (Å²) < 4.78 is 0. The number of carbonyl (C=O) groups is 2. The van der Waals surface area contributed by atoms with E-state index < -0.39 is 6.04 Å². The van der Waals surface area contributed by atoms with E-state index in [1.165, 1.54) is 6.42 Å². The molecule has 1 aromatic rings. The van der Waals surface area contributed by atoms with Crippen LogP contribution in [0.3, 0.4) is 0 Å². The van der Waals surface area contributed by atoms with E-state index >= 15 is 0 Å². The molecule has 3 aliphatic heterocycles. The summed E-state index contributed by atoms with van der Waals surface area (Å²) in [5.74, 6) is 0.616. The molecule has 1 aromatic carbocycles. The number of fused-ring (bicyclic) bond motifs is 1.